The Morgan fingerprint density at radius 1 is 1.04 bits per heavy atom. The molecule has 2 heterocycles. The number of nitrogens with zero attached hydrogens (tertiary/aromatic N) is 4. The first-order chi connectivity index (χ1) is 11.9. The highest BCUT2D eigenvalue weighted by Crippen LogP contribution is 2.21. The summed E-state index contributed by atoms with van der Waals surface area (Å²) in [5.74, 6) is 0. The molecule has 0 aliphatic heterocycles. The number of rotatable bonds is 6. The maximum absolute atomic E-state index is 12.3. The van der Waals surface area contributed by atoms with Gasteiger partial charge in [-0.3, -0.25) is 0 Å². The number of sulfonamides is 1. The van der Waals surface area contributed by atoms with Gasteiger partial charge in [-0.1, -0.05) is 47.5 Å². The number of pyridine rings is 1. The normalized spacial score (nSPS) is 11.6. The molecule has 0 saturated carbocycles. The van der Waals surface area contributed by atoms with Crippen molar-refractivity contribution >= 4 is 33.2 Å². The first kappa shape index (κ1) is 17.8. The number of nitrogens with one attached hydrogen (secondary N) is 1. The molecule has 2 aromatic heterocycles. The van der Waals surface area contributed by atoms with Gasteiger partial charge >= 0.3 is 0 Å². The molecule has 0 radical (unpaired) electrons. The number of hydrogen-bond acceptors (Lipinski definition) is 5. The van der Waals surface area contributed by atoms with E-state index in [0.717, 1.165) is 11.1 Å². The van der Waals surface area contributed by atoms with Crippen molar-refractivity contribution in [2.45, 2.75) is 18.0 Å². The molecule has 130 valence electrons. The third-order valence-electron chi connectivity index (χ3n) is 3.37. The average molecular weight is 398 g/mol. The van der Waals surface area contributed by atoms with Crippen LogP contribution in [0.4, 0.5) is 0 Å². The number of halogens is 2. The summed E-state index contributed by atoms with van der Waals surface area (Å²) in [6.45, 7) is 0.725. The van der Waals surface area contributed by atoms with Gasteiger partial charge in [0.25, 0.3) is 0 Å². The summed E-state index contributed by atoms with van der Waals surface area (Å²) in [5, 5.41) is 4.00. The lowest BCUT2D eigenvalue weighted by molar-refractivity contribution is 0.581. The fourth-order valence-corrected chi connectivity index (χ4v) is 3.80. The zero-order valence-corrected chi connectivity index (χ0v) is 15.1. The van der Waals surface area contributed by atoms with Gasteiger partial charge in [-0.05, 0) is 23.3 Å². The van der Waals surface area contributed by atoms with E-state index in [-0.39, 0.29) is 21.7 Å². The summed E-state index contributed by atoms with van der Waals surface area (Å²) < 4.78 is 28.8. The molecular weight excluding hydrogens is 385 g/mol. The van der Waals surface area contributed by atoms with Gasteiger partial charge in [-0.2, -0.15) is 5.10 Å². The lowest BCUT2D eigenvalue weighted by Gasteiger charge is -2.09. The van der Waals surface area contributed by atoms with E-state index < -0.39 is 10.0 Å². The smallest absolute Gasteiger partial charge is 0.243 e. The largest absolute Gasteiger partial charge is 0.249 e. The van der Waals surface area contributed by atoms with Crippen LogP contribution >= 0.6 is 23.2 Å². The number of aromatic nitrogens is 4. The standard InChI is InChI=1S/C15H13Cl2N5O2S/c16-14-6-5-13(15(17)21-14)25(23,24)20-7-11-1-3-12(4-2-11)8-22-10-18-9-19-22/h1-6,9-10,20H,7-8H2. The predicted octanol–water partition coefficient (Wildman–Crippen LogP) is 2.51. The third kappa shape index (κ3) is 4.55. The molecule has 0 spiro atoms. The van der Waals surface area contributed by atoms with Crippen LogP contribution in [0.25, 0.3) is 0 Å². The van der Waals surface area contributed by atoms with Crippen molar-refractivity contribution in [1.82, 2.24) is 24.5 Å². The molecule has 0 saturated heterocycles. The quantitative estimate of drug-likeness (QED) is 0.645. The second-order valence-corrected chi connectivity index (χ2v) is 7.64. The second kappa shape index (κ2) is 7.49. The van der Waals surface area contributed by atoms with E-state index in [4.69, 9.17) is 23.2 Å². The van der Waals surface area contributed by atoms with Gasteiger partial charge < -0.3 is 0 Å². The molecule has 0 atom stereocenters. The van der Waals surface area contributed by atoms with Crippen molar-refractivity contribution in [2.24, 2.45) is 0 Å². The van der Waals surface area contributed by atoms with Crippen molar-refractivity contribution < 1.29 is 8.42 Å². The Hall–Kier alpha value is -2.00. The highest BCUT2D eigenvalue weighted by Gasteiger charge is 2.18. The fourth-order valence-electron chi connectivity index (χ4n) is 2.12. The van der Waals surface area contributed by atoms with Crippen LogP contribution in [0, 0.1) is 0 Å². The van der Waals surface area contributed by atoms with Gasteiger partial charge in [-0.25, -0.2) is 27.8 Å². The van der Waals surface area contributed by atoms with Crippen molar-refractivity contribution in [3.8, 4) is 0 Å². The summed E-state index contributed by atoms with van der Waals surface area (Å²) >= 11 is 11.5. The molecule has 3 rings (SSSR count). The van der Waals surface area contributed by atoms with Crippen LogP contribution in [0.1, 0.15) is 11.1 Å². The van der Waals surface area contributed by atoms with E-state index in [1.54, 1.807) is 11.0 Å². The van der Waals surface area contributed by atoms with E-state index in [1.807, 2.05) is 24.3 Å². The van der Waals surface area contributed by atoms with Crippen LogP contribution in [0.3, 0.4) is 0 Å². The highest BCUT2D eigenvalue weighted by atomic mass is 35.5. The Kier molecular flexibility index (Phi) is 5.33. The SMILES string of the molecule is O=S(=O)(NCc1ccc(Cn2cncn2)cc1)c1ccc(Cl)nc1Cl. The Morgan fingerprint density at radius 3 is 2.40 bits per heavy atom. The molecule has 25 heavy (non-hydrogen) atoms. The Bertz CT molecular complexity index is 960. The van der Waals surface area contributed by atoms with E-state index in [2.05, 4.69) is 19.8 Å². The molecule has 0 unspecified atom stereocenters. The fraction of sp³-hybridized carbons (Fsp3) is 0.133. The summed E-state index contributed by atoms with van der Waals surface area (Å²) in [7, 11) is -3.78. The molecule has 1 N–H and O–H groups in total. The first-order valence-corrected chi connectivity index (χ1v) is 9.40. The molecule has 0 aliphatic carbocycles. The maximum atomic E-state index is 12.3. The highest BCUT2D eigenvalue weighted by molar-refractivity contribution is 7.89. The maximum Gasteiger partial charge on any atom is 0.243 e. The van der Waals surface area contributed by atoms with Gasteiger partial charge in [0.15, 0.2) is 5.15 Å². The van der Waals surface area contributed by atoms with Crippen LogP contribution in [-0.4, -0.2) is 28.2 Å². The average Bonchev–Trinajstić information content (AvgIpc) is 3.07. The number of hydrogen-bond donors (Lipinski definition) is 1. The molecule has 0 aliphatic rings. The Labute approximate surface area is 154 Å². The number of benzene rings is 1. The lowest BCUT2D eigenvalue weighted by atomic mass is 10.1. The lowest BCUT2D eigenvalue weighted by Crippen LogP contribution is -2.23. The van der Waals surface area contributed by atoms with E-state index in [0.29, 0.717) is 6.54 Å². The minimum absolute atomic E-state index is 0.110. The molecular formula is C15H13Cl2N5O2S. The van der Waals surface area contributed by atoms with Crippen molar-refractivity contribution in [1.29, 1.82) is 0 Å². The molecule has 10 heteroatoms. The van der Waals surface area contributed by atoms with Gasteiger partial charge in [0.05, 0.1) is 6.54 Å². The Balaban J connectivity index is 1.66. The second-order valence-electron chi connectivity index (χ2n) is 5.16. The molecule has 3 aromatic rings. The zero-order chi connectivity index (χ0) is 17.9. The van der Waals surface area contributed by atoms with Gasteiger partial charge in [0.2, 0.25) is 10.0 Å². The van der Waals surface area contributed by atoms with Gasteiger partial charge in [0.1, 0.15) is 22.7 Å². The van der Waals surface area contributed by atoms with Crippen molar-refractivity contribution in [2.75, 3.05) is 0 Å². The first-order valence-electron chi connectivity index (χ1n) is 7.16. The molecule has 0 bridgehead atoms. The van der Waals surface area contributed by atoms with Crippen molar-refractivity contribution in [3.05, 3.63) is 70.5 Å². The monoisotopic (exact) mass is 397 g/mol. The zero-order valence-electron chi connectivity index (χ0n) is 12.8. The summed E-state index contributed by atoms with van der Waals surface area (Å²) in [4.78, 5) is 7.52. The summed E-state index contributed by atoms with van der Waals surface area (Å²) in [6, 6.07) is 10.2. The van der Waals surface area contributed by atoms with E-state index >= 15 is 0 Å². The van der Waals surface area contributed by atoms with E-state index in [1.165, 1.54) is 18.5 Å². The predicted molar refractivity (Wildman–Crippen MR) is 93.8 cm³/mol. The summed E-state index contributed by atoms with van der Waals surface area (Å²) in [6.07, 6.45) is 3.10. The summed E-state index contributed by atoms with van der Waals surface area (Å²) in [5.41, 5.74) is 1.84. The van der Waals surface area contributed by atoms with Gasteiger partial charge in [-0.15, -0.1) is 0 Å². The van der Waals surface area contributed by atoms with Gasteiger partial charge in [0, 0.05) is 6.54 Å². The minimum atomic E-state index is -3.78. The molecule has 0 amide bonds. The van der Waals surface area contributed by atoms with Crippen LogP contribution in [0.5, 0.6) is 0 Å². The molecule has 1 aromatic carbocycles. The van der Waals surface area contributed by atoms with Crippen LogP contribution in [0.15, 0.2) is 53.9 Å². The van der Waals surface area contributed by atoms with Crippen LogP contribution < -0.4 is 4.72 Å². The minimum Gasteiger partial charge on any atom is -0.249 e. The molecule has 0 fully saturated rings. The third-order valence-corrected chi connectivity index (χ3v) is 5.41. The topological polar surface area (TPSA) is 89.8 Å². The van der Waals surface area contributed by atoms with Crippen molar-refractivity contribution in [3.63, 3.8) is 0 Å². The van der Waals surface area contributed by atoms with E-state index in [9.17, 15) is 8.42 Å². The Morgan fingerprint density at radius 2 is 1.76 bits per heavy atom. The van der Waals surface area contributed by atoms with Crippen LogP contribution in [0.2, 0.25) is 10.3 Å². The van der Waals surface area contributed by atoms with Crippen LogP contribution in [-0.2, 0) is 23.1 Å². The molecule has 7 nitrogen and oxygen atoms in total.